The largest absolute Gasteiger partial charge is 0.488 e. The van der Waals surface area contributed by atoms with Crippen LogP contribution in [0.15, 0.2) is 113 Å². The average Bonchev–Trinajstić information content (AvgIpc) is 3.77. The predicted molar refractivity (Wildman–Crippen MR) is 199 cm³/mol. The fourth-order valence-electron chi connectivity index (χ4n) is 7.44. The summed E-state index contributed by atoms with van der Waals surface area (Å²) in [5.41, 5.74) is 1.06. The van der Waals surface area contributed by atoms with Crippen LogP contribution in [0.5, 0.6) is 5.75 Å². The van der Waals surface area contributed by atoms with Gasteiger partial charge >= 0.3 is 5.69 Å². The van der Waals surface area contributed by atoms with E-state index in [9.17, 15) is 32.0 Å². The molecule has 2 atom stereocenters. The lowest BCUT2D eigenvalue weighted by atomic mass is 10.0. The number of likely N-dealkylation sites (tertiary alicyclic amines) is 1. The lowest BCUT2D eigenvalue weighted by Gasteiger charge is -2.36. The molecular formula is C40H40F2N6O5S. The SMILES string of the molecule is N#Cc1ccc2c(c1)n(C(C(=O)N1CCC(CN3CCN(Cc4ccccc4)CC3)C1)c1ccccc1)c(=O)n2S(=O)(=O)c1ccc(OCC(F)F)cc1. The Labute approximate surface area is 312 Å². The molecule has 2 aliphatic heterocycles. The topological polar surface area (TPSA) is 121 Å². The number of fused-ring (bicyclic) bond motifs is 1. The van der Waals surface area contributed by atoms with Crippen molar-refractivity contribution in [2.24, 2.45) is 5.92 Å². The van der Waals surface area contributed by atoms with Crippen molar-refractivity contribution < 1.29 is 26.7 Å². The number of alkyl halides is 2. The molecule has 2 saturated heterocycles. The zero-order valence-electron chi connectivity index (χ0n) is 29.5. The third-order valence-corrected chi connectivity index (χ3v) is 11.8. The van der Waals surface area contributed by atoms with E-state index in [4.69, 9.17) is 4.74 Å². The number of aromatic nitrogens is 2. The van der Waals surface area contributed by atoms with Crippen LogP contribution in [-0.2, 0) is 21.4 Å². The third kappa shape index (κ3) is 7.79. The smallest absolute Gasteiger partial charge is 0.344 e. The van der Waals surface area contributed by atoms with Crippen molar-refractivity contribution in [1.82, 2.24) is 23.2 Å². The summed E-state index contributed by atoms with van der Waals surface area (Å²) in [5.74, 6) is -0.0909. The molecule has 7 rings (SSSR count). The number of hydrogen-bond acceptors (Lipinski definition) is 8. The minimum absolute atomic E-state index is 0.0172. The number of amides is 1. The number of imidazole rings is 1. The number of ether oxygens (including phenoxy) is 1. The number of rotatable bonds is 12. The van der Waals surface area contributed by atoms with Gasteiger partial charge in [-0.15, -0.1) is 0 Å². The van der Waals surface area contributed by atoms with Gasteiger partial charge in [0.05, 0.1) is 27.6 Å². The Morgan fingerprint density at radius 3 is 2.19 bits per heavy atom. The Kier molecular flexibility index (Phi) is 10.9. The Morgan fingerprint density at radius 2 is 1.52 bits per heavy atom. The van der Waals surface area contributed by atoms with E-state index in [1.165, 1.54) is 52.6 Å². The molecule has 2 aliphatic rings. The molecule has 2 unspecified atom stereocenters. The van der Waals surface area contributed by atoms with Crippen LogP contribution >= 0.6 is 0 Å². The molecule has 0 bridgehead atoms. The van der Waals surface area contributed by atoms with Crippen molar-refractivity contribution in [1.29, 1.82) is 5.26 Å². The highest BCUT2D eigenvalue weighted by atomic mass is 32.2. The van der Waals surface area contributed by atoms with Gasteiger partial charge < -0.3 is 14.5 Å². The quantitative estimate of drug-likeness (QED) is 0.178. The highest BCUT2D eigenvalue weighted by Crippen LogP contribution is 2.30. The molecular weight excluding hydrogens is 715 g/mol. The molecule has 280 valence electrons. The van der Waals surface area contributed by atoms with Gasteiger partial charge in [0.25, 0.3) is 16.4 Å². The molecule has 54 heavy (non-hydrogen) atoms. The minimum Gasteiger partial charge on any atom is -0.488 e. The van der Waals surface area contributed by atoms with E-state index in [0.29, 0.717) is 22.6 Å². The number of benzene rings is 4. The van der Waals surface area contributed by atoms with Crippen molar-refractivity contribution in [3.8, 4) is 11.8 Å². The molecule has 1 amide bonds. The summed E-state index contributed by atoms with van der Waals surface area (Å²) in [4.78, 5) is 35.6. The monoisotopic (exact) mass is 754 g/mol. The summed E-state index contributed by atoms with van der Waals surface area (Å²) in [7, 11) is -4.59. The molecule has 11 nitrogen and oxygen atoms in total. The maximum absolute atomic E-state index is 14.7. The first kappa shape index (κ1) is 37.0. The number of halogens is 2. The van der Waals surface area contributed by atoms with E-state index in [-0.39, 0.29) is 39.1 Å². The van der Waals surface area contributed by atoms with E-state index in [1.54, 1.807) is 35.2 Å². The molecule has 0 aliphatic carbocycles. The molecule has 0 saturated carbocycles. The second kappa shape index (κ2) is 15.9. The van der Waals surface area contributed by atoms with Crippen molar-refractivity contribution in [3.63, 3.8) is 0 Å². The van der Waals surface area contributed by atoms with Crippen LogP contribution in [0.2, 0.25) is 0 Å². The van der Waals surface area contributed by atoms with Crippen LogP contribution < -0.4 is 10.4 Å². The third-order valence-electron chi connectivity index (χ3n) is 10.1. The van der Waals surface area contributed by atoms with Gasteiger partial charge in [0.1, 0.15) is 18.4 Å². The van der Waals surface area contributed by atoms with Crippen LogP contribution in [0.1, 0.15) is 29.2 Å². The van der Waals surface area contributed by atoms with Crippen LogP contribution in [0.3, 0.4) is 0 Å². The first-order chi connectivity index (χ1) is 26.1. The summed E-state index contributed by atoms with van der Waals surface area (Å²) in [6.45, 7) is 5.64. The maximum atomic E-state index is 14.7. The van der Waals surface area contributed by atoms with Crippen molar-refractivity contribution in [2.75, 3.05) is 52.4 Å². The zero-order valence-corrected chi connectivity index (χ0v) is 30.3. The van der Waals surface area contributed by atoms with E-state index in [1.807, 2.05) is 12.1 Å². The summed E-state index contributed by atoms with van der Waals surface area (Å²) in [5, 5.41) is 9.78. The summed E-state index contributed by atoms with van der Waals surface area (Å²) in [6, 6.07) is 29.0. The molecule has 3 heterocycles. The lowest BCUT2D eigenvalue weighted by molar-refractivity contribution is -0.132. The van der Waals surface area contributed by atoms with Gasteiger partial charge in [0.15, 0.2) is 0 Å². The summed E-state index contributed by atoms with van der Waals surface area (Å²) in [6.07, 6.45) is -1.92. The molecule has 5 aromatic rings. The Hall–Kier alpha value is -5.36. The average molecular weight is 755 g/mol. The van der Waals surface area contributed by atoms with Crippen molar-refractivity contribution in [2.45, 2.75) is 30.3 Å². The Bertz CT molecular complexity index is 2300. The number of piperazine rings is 1. The van der Waals surface area contributed by atoms with Gasteiger partial charge in [-0.25, -0.2) is 22.0 Å². The number of carbonyl (C=O) groups is 1. The molecule has 4 aromatic carbocycles. The minimum atomic E-state index is -4.59. The van der Waals surface area contributed by atoms with Crippen LogP contribution in [0, 0.1) is 17.2 Å². The van der Waals surface area contributed by atoms with Gasteiger partial charge in [-0.1, -0.05) is 60.7 Å². The molecule has 1 aromatic heterocycles. The first-order valence-corrected chi connectivity index (χ1v) is 19.3. The van der Waals surface area contributed by atoms with Gasteiger partial charge in [0, 0.05) is 52.4 Å². The highest BCUT2D eigenvalue weighted by molar-refractivity contribution is 7.90. The second-order valence-corrected chi connectivity index (χ2v) is 15.5. The van der Waals surface area contributed by atoms with Crippen LogP contribution in [-0.4, -0.2) is 96.4 Å². The number of nitrogens with zero attached hydrogens (tertiary/aromatic N) is 6. The first-order valence-electron chi connectivity index (χ1n) is 17.9. The van der Waals surface area contributed by atoms with Crippen LogP contribution in [0.25, 0.3) is 11.0 Å². The van der Waals surface area contributed by atoms with E-state index >= 15 is 0 Å². The van der Waals surface area contributed by atoms with Crippen molar-refractivity contribution in [3.05, 3.63) is 130 Å². The number of hydrogen-bond donors (Lipinski definition) is 0. The van der Waals surface area contributed by atoms with Gasteiger partial charge in [-0.05, 0) is 65.9 Å². The fraction of sp³-hybridized carbons (Fsp3) is 0.325. The molecule has 2 fully saturated rings. The molecule has 0 N–H and O–H groups in total. The normalized spacial score (nSPS) is 17.5. The zero-order chi connectivity index (χ0) is 37.8. The van der Waals surface area contributed by atoms with E-state index in [0.717, 1.165) is 45.7 Å². The maximum Gasteiger partial charge on any atom is 0.344 e. The van der Waals surface area contributed by atoms with Gasteiger partial charge in [0.2, 0.25) is 5.91 Å². The fourth-order valence-corrected chi connectivity index (χ4v) is 8.84. The molecule has 0 spiro atoms. The summed E-state index contributed by atoms with van der Waals surface area (Å²) >= 11 is 0. The highest BCUT2D eigenvalue weighted by Gasteiger charge is 2.37. The number of carbonyl (C=O) groups excluding carboxylic acids is 1. The van der Waals surface area contributed by atoms with Crippen LogP contribution in [0.4, 0.5) is 8.78 Å². The second-order valence-electron chi connectivity index (χ2n) is 13.7. The van der Waals surface area contributed by atoms with Crippen molar-refractivity contribution >= 4 is 27.0 Å². The lowest BCUT2D eigenvalue weighted by Crippen LogP contribution is -2.47. The molecule has 0 radical (unpaired) electrons. The Balaban J connectivity index is 1.16. The molecule has 14 heteroatoms. The van der Waals surface area contributed by atoms with Gasteiger partial charge in [-0.2, -0.15) is 9.23 Å². The van der Waals surface area contributed by atoms with Gasteiger partial charge in [-0.3, -0.25) is 14.3 Å². The standard InChI is InChI=1S/C40H40F2N6O5S/c41-37(42)28-53-33-12-14-34(15-13-33)54(51,52)48-35-16-11-30(24-43)23-36(35)47(40(48)50)38(32-9-5-2-6-10-32)39(49)46-18-17-31(27-46)26-45-21-19-44(20-22-45)25-29-7-3-1-4-8-29/h1-16,23,31,37-38H,17-22,25-28H2. The predicted octanol–water partition coefficient (Wildman–Crippen LogP) is 4.81. The summed E-state index contributed by atoms with van der Waals surface area (Å²) < 4.78 is 60.5. The van der Waals surface area contributed by atoms with E-state index in [2.05, 4.69) is 34.1 Å². The van der Waals surface area contributed by atoms with E-state index < -0.39 is 34.8 Å². The number of nitriles is 1. The Morgan fingerprint density at radius 1 is 0.852 bits per heavy atom.